The molecule has 0 aliphatic rings. The molecular weight excluding hydrogens is 272 g/mol. The Morgan fingerprint density at radius 3 is 2.20 bits per heavy atom. The normalized spacial score (nSPS) is 11.8. The summed E-state index contributed by atoms with van der Waals surface area (Å²) in [6.45, 7) is 7.87. The zero-order chi connectivity index (χ0) is 14.9. The van der Waals surface area contributed by atoms with Crippen molar-refractivity contribution >= 4 is 10.0 Å². The average molecular weight is 292 g/mol. The summed E-state index contributed by atoms with van der Waals surface area (Å²) in [5, 5.41) is 0. The lowest BCUT2D eigenvalue weighted by Crippen LogP contribution is -2.25. The van der Waals surface area contributed by atoms with Crippen molar-refractivity contribution in [3.05, 3.63) is 52.3 Å². The van der Waals surface area contributed by atoms with Crippen LogP contribution in [0.15, 0.2) is 29.4 Å². The van der Waals surface area contributed by atoms with Crippen LogP contribution in [0.25, 0.3) is 0 Å². The SMILES string of the molecule is Cc1cc(C)c(C)c(S(=O)(=O)NCc2cc[nH]c2)c1C. The summed E-state index contributed by atoms with van der Waals surface area (Å²) in [7, 11) is -3.51. The third-order valence-corrected chi connectivity index (χ3v) is 5.37. The van der Waals surface area contributed by atoms with Gasteiger partial charge in [0, 0.05) is 18.9 Å². The van der Waals surface area contributed by atoms with Crippen LogP contribution < -0.4 is 4.72 Å². The van der Waals surface area contributed by atoms with Crippen LogP contribution in [-0.4, -0.2) is 13.4 Å². The number of H-pyrrole nitrogens is 1. The Hall–Kier alpha value is -1.59. The van der Waals surface area contributed by atoms with Crippen molar-refractivity contribution in [2.24, 2.45) is 0 Å². The van der Waals surface area contributed by atoms with Crippen molar-refractivity contribution in [3.8, 4) is 0 Å². The van der Waals surface area contributed by atoms with Gasteiger partial charge in [0.2, 0.25) is 10.0 Å². The molecule has 2 aromatic rings. The number of nitrogens with one attached hydrogen (secondary N) is 2. The molecule has 5 heteroatoms. The van der Waals surface area contributed by atoms with Crippen LogP contribution in [0.1, 0.15) is 27.8 Å². The Morgan fingerprint density at radius 2 is 1.70 bits per heavy atom. The molecule has 1 heterocycles. The maximum absolute atomic E-state index is 12.6. The predicted octanol–water partition coefficient (Wildman–Crippen LogP) is 2.73. The van der Waals surface area contributed by atoms with E-state index in [4.69, 9.17) is 0 Å². The number of hydrogen-bond acceptors (Lipinski definition) is 2. The van der Waals surface area contributed by atoms with Gasteiger partial charge in [-0.25, -0.2) is 13.1 Å². The van der Waals surface area contributed by atoms with E-state index in [0.717, 1.165) is 27.8 Å². The lowest BCUT2D eigenvalue weighted by atomic mass is 10.0. The van der Waals surface area contributed by atoms with Gasteiger partial charge in [-0.05, 0) is 61.6 Å². The fourth-order valence-electron chi connectivity index (χ4n) is 2.30. The van der Waals surface area contributed by atoms with E-state index in [9.17, 15) is 8.42 Å². The van der Waals surface area contributed by atoms with Gasteiger partial charge in [-0.3, -0.25) is 0 Å². The molecule has 0 radical (unpaired) electrons. The van der Waals surface area contributed by atoms with E-state index in [0.29, 0.717) is 4.90 Å². The Balaban J connectivity index is 2.39. The maximum Gasteiger partial charge on any atom is 0.241 e. The molecule has 20 heavy (non-hydrogen) atoms. The summed E-state index contributed by atoms with van der Waals surface area (Å²) in [4.78, 5) is 3.32. The van der Waals surface area contributed by atoms with Crippen molar-refractivity contribution in [2.75, 3.05) is 0 Å². The van der Waals surface area contributed by atoms with Gasteiger partial charge in [0.1, 0.15) is 0 Å². The van der Waals surface area contributed by atoms with E-state index in [1.165, 1.54) is 0 Å². The van der Waals surface area contributed by atoms with E-state index in [1.54, 1.807) is 12.4 Å². The van der Waals surface area contributed by atoms with Gasteiger partial charge in [-0.1, -0.05) is 6.07 Å². The largest absolute Gasteiger partial charge is 0.367 e. The first kappa shape index (κ1) is 14.8. The van der Waals surface area contributed by atoms with Gasteiger partial charge >= 0.3 is 0 Å². The molecule has 0 saturated heterocycles. The monoisotopic (exact) mass is 292 g/mol. The second kappa shape index (κ2) is 5.42. The molecule has 0 aliphatic carbocycles. The predicted molar refractivity (Wildman–Crippen MR) is 80.2 cm³/mol. The molecule has 0 saturated carbocycles. The molecule has 2 N–H and O–H groups in total. The number of aromatic nitrogens is 1. The molecule has 4 nitrogen and oxygen atoms in total. The fourth-order valence-corrected chi connectivity index (χ4v) is 3.93. The first-order valence-corrected chi connectivity index (χ1v) is 8.00. The smallest absolute Gasteiger partial charge is 0.241 e. The molecule has 1 aromatic carbocycles. The molecule has 0 fully saturated rings. The number of hydrogen-bond donors (Lipinski definition) is 2. The number of aryl methyl sites for hydroxylation is 2. The summed E-state index contributed by atoms with van der Waals surface area (Å²) in [5.74, 6) is 0. The van der Waals surface area contributed by atoms with Crippen LogP contribution in [0.3, 0.4) is 0 Å². The molecule has 1 aromatic heterocycles. The first-order chi connectivity index (χ1) is 9.33. The van der Waals surface area contributed by atoms with Gasteiger partial charge in [-0.2, -0.15) is 0 Å². The highest BCUT2D eigenvalue weighted by Crippen LogP contribution is 2.25. The van der Waals surface area contributed by atoms with E-state index >= 15 is 0 Å². The minimum absolute atomic E-state index is 0.289. The van der Waals surface area contributed by atoms with Crippen LogP contribution in [0.5, 0.6) is 0 Å². The van der Waals surface area contributed by atoms with Gasteiger partial charge in [0.05, 0.1) is 4.90 Å². The van der Waals surface area contributed by atoms with Crippen LogP contribution in [-0.2, 0) is 16.6 Å². The second-order valence-electron chi connectivity index (χ2n) is 5.13. The minimum atomic E-state index is -3.51. The Morgan fingerprint density at radius 1 is 1.10 bits per heavy atom. The summed E-state index contributed by atoms with van der Waals surface area (Å²) in [5.41, 5.74) is 4.53. The van der Waals surface area contributed by atoms with E-state index in [-0.39, 0.29) is 6.54 Å². The van der Waals surface area contributed by atoms with Crippen molar-refractivity contribution in [2.45, 2.75) is 39.1 Å². The fraction of sp³-hybridized carbons (Fsp3) is 0.333. The molecule has 0 unspecified atom stereocenters. The molecule has 0 spiro atoms. The number of benzene rings is 1. The lowest BCUT2D eigenvalue weighted by molar-refractivity contribution is 0.579. The molecule has 0 amide bonds. The van der Waals surface area contributed by atoms with Gasteiger partial charge in [0.25, 0.3) is 0 Å². The summed E-state index contributed by atoms with van der Waals surface area (Å²) in [6.07, 6.45) is 3.56. The summed E-state index contributed by atoms with van der Waals surface area (Å²) in [6, 6.07) is 3.87. The maximum atomic E-state index is 12.6. The zero-order valence-electron chi connectivity index (χ0n) is 12.2. The Labute approximate surface area is 120 Å². The zero-order valence-corrected chi connectivity index (χ0v) is 13.1. The van der Waals surface area contributed by atoms with Crippen molar-refractivity contribution in [3.63, 3.8) is 0 Å². The van der Waals surface area contributed by atoms with Crippen LogP contribution in [0.4, 0.5) is 0 Å². The Bertz CT molecular complexity index is 691. The molecular formula is C15H20N2O2S. The number of aromatic amines is 1. The highest BCUT2D eigenvalue weighted by molar-refractivity contribution is 7.89. The third kappa shape index (κ3) is 2.78. The summed E-state index contributed by atoms with van der Waals surface area (Å²) < 4.78 is 27.8. The van der Waals surface area contributed by atoms with Crippen molar-refractivity contribution in [1.29, 1.82) is 0 Å². The molecule has 2 rings (SSSR count). The van der Waals surface area contributed by atoms with Crippen molar-refractivity contribution < 1.29 is 8.42 Å². The summed E-state index contributed by atoms with van der Waals surface area (Å²) >= 11 is 0. The van der Waals surface area contributed by atoms with Gasteiger partial charge in [-0.15, -0.1) is 0 Å². The lowest BCUT2D eigenvalue weighted by Gasteiger charge is -2.16. The van der Waals surface area contributed by atoms with E-state index in [1.807, 2.05) is 39.8 Å². The third-order valence-electron chi connectivity index (χ3n) is 3.69. The van der Waals surface area contributed by atoms with Gasteiger partial charge < -0.3 is 4.98 Å². The van der Waals surface area contributed by atoms with Crippen LogP contribution >= 0.6 is 0 Å². The highest BCUT2D eigenvalue weighted by atomic mass is 32.2. The number of rotatable bonds is 4. The van der Waals surface area contributed by atoms with Crippen molar-refractivity contribution in [1.82, 2.24) is 9.71 Å². The Kier molecular flexibility index (Phi) is 4.01. The molecule has 0 bridgehead atoms. The first-order valence-electron chi connectivity index (χ1n) is 6.51. The highest BCUT2D eigenvalue weighted by Gasteiger charge is 2.21. The quantitative estimate of drug-likeness (QED) is 0.910. The minimum Gasteiger partial charge on any atom is -0.367 e. The van der Waals surface area contributed by atoms with Crippen LogP contribution in [0, 0.1) is 27.7 Å². The molecule has 0 atom stereocenters. The van der Waals surface area contributed by atoms with Gasteiger partial charge in [0.15, 0.2) is 0 Å². The average Bonchev–Trinajstić information content (AvgIpc) is 2.87. The van der Waals surface area contributed by atoms with Crippen LogP contribution in [0.2, 0.25) is 0 Å². The second-order valence-corrected chi connectivity index (χ2v) is 6.84. The van der Waals surface area contributed by atoms with E-state index < -0.39 is 10.0 Å². The molecule has 108 valence electrons. The topological polar surface area (TPSA) is 62.0 Å². The number of sulfonamides is 1. The standard InChI is InChI=1S/C15H20N2O2S/c1-10-7-11(2)13(4)15(12(10)3)20(18,19)17-9-14-5-6-16-8-14/h5-8,16-17H,9H2,1-4H3. The molecule has 0 aliphatic heterocycles. The van der Waals surface area contributed by atoms with E-state index in [2.05, 4.69) is 9.71 Å².